The van der Waals surface area contributed by atoms with Crippen molar-refractivity contribution in [3.05, 3.63) is 35.4 Å². The summed E-state index contributed by atoms with van der Waals surface area (Å²) in [6.45, 7) is 3.20. The molecular formula is C16H23F3N2. The Morgan fingerprint density at radius 2 is 1.95 bits per heavy atom. The van der Waals surface area contributed by atoms with E-state index in [0.29, 0.717) is 18.2 Å². The van der Waals surface area contributed by atoms with Crippen molar-refractivity contribution in [1.29, 1.82) is 0 Å². The van der Waals surface area contributed by atoms with Gasteiger partial charge in [-0.3, -0.25) is 4.90 Å². The van der Waals surface area contributed by atoms with Crippen LogP contribution >= 0.6 is 0 Å². The Hall–Kier alpha value is -1.07. The van der Waals surface area contributed by atoms with Crippen LogP contribution in [0.25, 0.3) is 0 Å². The van der Waals surface area contributed by atoms with E-state index < -0.39 is 11.7 Å². The maximum Gasteiger partial charge on any atom is 0.416 e. The Labute approximate surface area is 124 Å². The lowest BCUT2D eigenvalue weighted by Gasteiger charge is -2.35. The first-order valence-corrected chi connectivity index (χ1v) is 7.60. The molecule has 2 rings (SSSR count). The first-order valence-electron chi connectivity index (χ1n) is 7.60. The molecule has 0 aliphatic heterocycles. The fourth-order valence-corrected chi connectivity index (χ4v) is 3.35. The van der Waals surface area contributed by atoms with Crippen LogP contribution in [0.15, 0.2) is 24.3 Å². The van der Waals surface area contributed by atoms with Crippen LogP contribution in [0.3, 0.4) is 0 Å². The van der Waals surface area contributed by atoms with E-state index in [4.69, 9.17) is 5.73 Å². The molecule has 21 heavy (non-hydrogen) atoms. The van der Waals surface area contributed by atoms with Crippen molar-refractivity contribution >= 4 is 0 Å². The maximum atomic E-state index is 12.9. The zero-order valence-corrected chi connectivity index (χ0v) is 12.4. The molecule has 5 heteroatoms. The SMILES string of the molecule is CCN(C1CCCC1)C(CN)c1cccc(C(F)(F)F)c1. The Balaban J connectivity index is 2.27. The topological polar surface area (TPSA) is 29.3 Å². The van der Waals surface area contributed by atoms with Gasteiger partial charge in [-0.2, -0.15) is 13.2 Å². The number of nitrogens with two attached hydrogens (primary N) is 1. The van der Waals surface area contributed by atoms with Gasteiger partial charge in [0, 0.05) is 18.6 Å². The smallest absolute Gasteiger partial charge is 0.329 e. The van der Waals surface area contributed by atoms with E-state index in [1.165, 1.54) is 25.0 Å². The number of hydrogen-bond donors (Lipinski definition) is 1. The van der Waals surface area contributed by atoms with Gasteiger partial charge < -0.3 is 5.73 Å². The first-order chi connectivity index (χ1) is 9.97. The molecule has 0 radical (unpaired) electrons. The minimum atomic E-state index is -4.31. The molecule has 0 bridgehead atoms. The third-order valence-electron chi connectivity index (χ3n) is 4.38. The highest BCUT2D eigenvalue weighted by Gasteiger charge is 2.32. The molecule has 1 fully saturated rings. The lowest BCUT2D eigenvalue weighted by atomic mass is 10.00. The summed E-state index contributed by atoms with van der Waals surface area (Å²) in [6.07, 6.45) is 0.314. The van der Waals surface area contributed by atoms with Crippen molar-refractivity contribution in [3.8, 4) is 0 Å². The Bertz CT molecular complexity index is 453. The van der Waals surface area contributed by atoms with Gasteiger partial charge in [0.05, 0.1) is 5.56 Å². The largest absolute Gasteiger partial charge is 0.416 e. The predicted molar refractivity (Wildman–Crippen MR) is 77.9 cm³/mol. The monoisotopic (exact) mass is 300 g/mol. The third kappa shape index (κ3) is 3.77. The van der Waals surface area contributed by atoms with Crippen molar-refractivity contribution in [2.24, 2.45) is 5.73 Å². The first kappa shape index (κ1) is 16.3. The summed E-state index contributed by atoms with van der Waals surface area (Å²) in [5, 5.41) is 0. The molecule has 1 aliphatic carbocycles. The van der Waals surface area contributed by atoms with Gasteiger partial charge in [0.15, 0.2) is 0 Å². The molecule has 0 saturated heterocycles. The molecule has 2 N–H and O–H groups in total. The second-order valence-corrected chi connectivity index (χ2v) is 5.64. The average molecular weight is 300 g/mol. The quantitative estimate of drug-likeness (QED) is 0.891. The second kappa shape index (κ2) is 6.79. The normalized spacial score (nSPS) is 18.4. The molecule has 1 saturated carbocycles. The van der Waals surface area contributed by atoms with Crippen molar-refractivity contribution in [2.45, 2.75) is 50.9 Å². The number of likely N-dealkylation sites (N-methyl/N-ethyl adjacent to an activating group) is 1. The third-order valence-corrected chi connectivity index (χ3v) is 4.38. The van der Waals surface area contributed by atoms with Crippen LogP contribution in [0.4, 0.5) is 13.2 Å². The van der Waals surface area contributed by atoms with Gasteiger partial charge in [-0.15, -0.1) is 0 Å². The van der Waals surface area contributed by atoms with Gasteiger partial charge >= 0.3 is 6.18 Å². The molecule has 118 valence electrons. The molecule has 0 spiro atoms. The van der Waals surface area contributed by atoms with Gasteiger partial charge in [-0.05, 0) is 37.1 Å². The molecule has 1 aromatic carbocycles. The van der Waals surface area contributed by atoms with Crippen LogP contribution in [0.5, 0.6) is 0 Å². The lowest BCUT2D eigenvalue weighted by molar-refractivity contribution is -0.137. The average Bonchev–Trinajstić information content (AvgIpc) is 2.97. The number of nitrogens with zero attached hydrogens (tertiary/aromatic N) is 1. The van der Waals surface area contributed by atoms with Gasteiger partial charge in [0.25, 0.3) is 0 Å². The van der Waals surface area contributed by atoms with E-state index in [0.717, 1.165) is 25.5 Å². The van der Waals surface area contributed by atoms with Crippen LogP contribution < -0.4 is 5.73 Å². The van der Waals surface area contributed by atoms with Gasteiger partial charge in [-0.1, -0.05) is 31.9 Å². The summed E-state index contributed by atoms with van der Waals surface area (Å²) in [7, 11) is 0. The number of rotatable bonds is 5. The van der Waals surface area contributed by atoms with Crippen LogP contribution in [0.2, 0.25) is 0 Å². The standard InChI is InChI=1S/C16H23F3N2/c1-2-21(14-8-3-4-9-14)15(11-20)12-6-5-7-13(10-12)16(17,18)19/h5-7,10,14-15H,2-4,8-9,11,20H2,1H3. The van der Waals surface area contributed by atoms with Gasteiger partial charge in [-0.25, -0.2) is 0 Å². The maximum absolute atomic E-state index is 12.9. The van der Waals surface area contributed by atoms with Gasteiger partial charge in [0.1, 0.15) is 0 Å². The summed E-state index contributed by atoms with van der Waals surface area (Å²) in [5.41, 5.74) is 5.96. The molecule has 0 amide bonds. The predicted octanol–water partition coefficient (Wildman–Crippen LogP) is 3.97. The van der Waals surface area contributed by atoms with Crippen molar-refractivity contribution < 1.29 is 13.2 Å². The molecule has 1 atom stereocenters. The minimum absolute atomic E-state index is 0.139. The highest BCUT2D eigenvalue weighted by Crippen LogP contribution is 2.34. The summed E-state index contributed by atoms with van der Waals surface area (Å²) >= 11 is 0. The molecule has 2 nitrogen and oxygen atoms in total. The Morgan fingerprint density at radius 3 is 2.48 bits per heavy atom. The Morgan fingerprint density at radius 1 is 1.29 bits per heavy atom. The fraction of sp³-hybridized carbons (Fsp3) is 0.625. The minimum Gasteiger partial charge on any atom is -0.329 e. The van der Waals surface area contributed by atoms with E-state index >= 15 is 0 Å². The van der Waals surface area contributed by atoms with E-state index in [2.05, 4.69) is 11.8 Å². The summed E-state index contributed by atoms with van der Waals surface area (Å²) < 4.78 is 38.6. The molecular weight excluding hydrogens is 277 g/mol. The van der Waals surface area contributed by atoms with Crippen LogP contribution in [0.1, 0.15) is 49.8 Å². The summed E-state index contributed by atoms with van der Waals surface area (Å²) in [5.74, 6) is 0. The van der Waals surface area contributed by atoms with Crippen LogP contribution in [-0.2, 0) is 6.18 Å². The highest BCUT2D eigenvalue weighted by atomic mass is 19.4. The number of hydrogen-bond acceptors (Lipinski definition) is 2. The number of alkyl halides is 3. The number of halogens is 3. The van der Waals surface area contributed by atoms with Crippen molar-refractivity contribution in [1.82, 2.24) is 4.90 Å². The molecule has 0 aromatic heterocycles. The van der Waals surface area contributed by atoms with Gasteiger partial charge in [0.2, 0.25) is 0 Å². The fourth-order valence-electron chi connectivity index (χ4n) is 3.35. The zero-order valence-electron chi connectivity index (χ0n) is 12.4. The Kier molecular flexibility index (Phi) is 5.27. The molecule has 1 aliphatic rings. The van der Waals surface area contributed by atoms with E-state index in [9.17, 15) is 13.2 Å². The lowest BCUT2D eigenvalue weighted by Crippen LogP contribution is -2.40. The molecule has 1 aromatic rings. The second-order valence-electron chi connectivity index (χ2n) is 5.64. The molecule has 0 heterocycles. The van der Waals surface area contributed by atoms with E-state index in [1.807, 2.05) is 0 Å². The van der Waals surface area contributed by atoms with Crippen molar-refractivity contribution in [2.75, 3.05) is 13.1 Å². The highest BCUT2D eigenvalue weighted by molar-refractivity contribution is 5.28. The molecule has 1 unspecified atom stereocenters. The van der Waals surface area contributed by atoms with Crippen molar-refractivity contribution in [3.63, 3.8) is 0 Å². The summed E-state index contributed by atoms with van der Waals surface area (Å²) in [6, 6.07) is 5.89. The van der Waals surface area contributed by atoms with Crippen LogP contribution in [-0.4, -0.2) is 24.0 Å². The van der Waals surface area contributed by atoms with E-state index in [-0.39, 0.29) is 6.04 Å². The number of benzene rings is 1. The van der Waals surface area contributed by atoms with Crippen LogP contribution in [0, 0.1) is 0 Å². The van der Waals surface area contributed by atoms with E-state index in [1.54, 1.807) is 6.07 Å². The summed E-state index contributed by atoms with van der Waals surface area (Å²) in [4.78, 5) is 2.27. The zero-order chi connectivity index (χ0) is 15.5.